The average Bonchev–Trinajstić information content (AvgIpc) is 3.17. The number of nitrogens with zero attached hydrogens (tertiary/aromatic N) is 4. The SMILES string of the molecule is Cc1ccc(-n2nc(C)c3ccc(OCc4ncc(Cl)s4)nc32)cc1. The van der Waals surface area contributed by atoms with Crippen LogP contribution in [-0.2, 0) is 6.61 Å². The number of ether oxygens (including phenoxy) is 1. The summed E-state index contributed by atoms with van der Waals surface area (Å²) in [5.74, 6) is 0.534. The number of aryl methyl sites for hydroxylation is 2. The van der Waals surface area contributed by atoms with Gasteiger partial charge >= 0.3 is 0 Å². The predicted octanol–water partition coefficient (Wildman–Crippen LogP) is 4.73. The second-order valence-electron chi connectivity index (χ2n) is 5.70. The minimum Gasteiger partial charge on any atom is -0.470 e. The Morgan fingerprint density at radius 1 is 1.12 bits per heavy atom. The van der Waals surface area contributed by atoms with E-state index in [2.05, 4.69) is 34.1 Å². The van der Waals surface area contributed by atoms with E-state index in [4.69, 9.17) is 16.3 Å². The van der Waals surface area contributed by atoms with E-state index in [1.807, 2.05) is 35.9 Å². The lowest BCUT2D eigenvalue weighted by atomic mass is 10.2. The summed E-state index contributed by atoms with van der Waals surface area (Å²) in [4.78, 5) is 8.83. The first-order valence-electron chi connectivity index (χ1n) is 7.76. The van der Waals surface area contributed by atoms with E-state index in [1.165, 1.54) is 16.9 Å². The molecule has 0 unspecified atom stereocenters. The van der Waals surface area contributed by atoms with Gasteiger partial charge < -0.3 is 4.74 Å². The van der Waals surface area contributed by atoms with E-state index >= 15 is 0 Å². The molecule has 0 aliphatic heterocycles. The lowest BCUT2D eigenvalue weighted by Crippen LogP contribution is -2.00. The monoisotopic (exact) mass is 370 g/mol. The molecule has 0 saturated heterocycles. The summed E-state index contributed by atoms with van der Waals surface area (Å²) in [7, 11) is 0. The first-order valence-corrected chi connectivity index (χ1v) is 8.96. The first-order chi connectivity index (χ1) is 12.1. The molecule has 0 bridgehead atoms. The molecule has 4 aromatic rings. The van der Waals surface area contributed by atoms with E-state index in [-0.39, 0.29) is 0 Å². The largest absolute Gasteiger partial charge is 0.470 e. The number of thiazole rings is 1. The number of fused-ring (bicyclic) bond motifs is 1. The highest BCUT2D eigenvalue weighted by Gasteiger charge is 2.12. The summed E-state index contributed by atoms with van der Waals surface area (Å²) in [6.45, 7) is 4.38. The molecule has 0 N–H and O–H groups in total. The van der Waals surface area contributed by atoms with Gasteiger partial charge in [-0.25, -0.2) is 9.67 Å². The summed E-state index contributed by atoms with van der Waals surface area (Å²) < 4.78 is 8.26. The lowest BCUT2D eigenvalue weighted by molar-refractivity contribution is 0.294. The molecule has 4 rings (SSSR count). The minimum atomic E-state index is 0.341. The highest BCUT2D eigenvalue weighted by Crippen LogP contribution is 2.24. The Kier molecular flexibility index (Phi) is 4.15. The predicted molar refractivity (Wildman–Crippen MR) is 99.8 cm³/mol. The molecular weight excluding hydrogens is 356 g/mol. The Morgan fingerprint density at radius 2 is 1.92 bits per heavy atom. The van der Waals surface area contributed by atoms with Crippen molar-refractivity contribution >= 4 is 34.0 Å². The van der Waals surface area contributed by atoms with E-state index in [9.17, 15) is 0 Å². The van der Waals surface area contributed by atoms with Crippen molar-refractivity contribution in [2.75, 3.05) is 0 Å². The van der Waals surface area contributed by atoms with Crippen LogP contribution in [0.5, 0.6) is 5.88 Å². The van der Waals surface area contributed by atoms with E-state index in [1.54, 1.807) is 6.20 Å². The van der Waals surface area contributed by atoms with E-state index in [0.29, 0.717) is 16.8 Å². The zero-order valence-corrected chi connectivity index (χ0v) is 15.3. The quantitative estimate of drug-likeness (QED) is 0.521. The zero-order chi connectivity index (χ0) is 17.4. The molecule has 25 heavy (non-hydrogen) atoms. The van der Waals surface area contributed by atoms with Crippen LogP contribution >= 0.6 is 22.9 Å². The fourth-order valence-electron chi connectivity index (χ4n) is 2.56. The number of benzene rings is 1. The minimum absolute atomic E-state index is 0.341. The number of aromatic nitrogens is 4. The Bertz CT molecular complexity index is 1040. The first kappa shape index (κ1) is 16.1. The molecule has 0 radical (unpaired) electrons. The molecule has 5 nitrogen and oxygen atoms in total. The van der Waals surface area contributed by atoms with Crippen molar-refractivity contribution in [3.8, 4) is 11.6 Å². The van der Waals surface area contributed by atoms with Crippen LogP contribution in [0.1, 0.15) is 16.3 Å². The summed E-state index contributed by atoms with van der Waals surface area (Å²) in [5, 5.41) is 6.44. The lowest BCUT2D eigenvalue weighted by Gasteiger charge is -2.06. The Morgan fingerprint density at radius 3 is 2.64 bits per heavy atom. The number of pyridine rings is 1. The maximum Gasteiger partial charge on any atom is 0.215 e. The van der Waals surface area contributed by atoms with Crippen molar-refractivity contribution in [1.29, 1.82) is 0 Å². The molecule has 0 fully saturated rings. The van der Waals surface area contributed by atoms with Gasteiger partial charge in [-0.2, -0.15) is 10.1 Å². The third-order valence-electron chi connectivity index (χ3n) is 3.84. The van der Waals surface area contributed by atoms with Crippen LogP contribution in [-0.4, -0.2) is 19.7 Å². The number of hydrogen-bond acceptors (Lipinski definition) is 5. The van der Waals surface area contributed by atoms with Crippen molar-refractivity contribution in [3.05, 3.63) is 63.2 Å². The summed E-state index contributed by atoms with van der Waals surface area (Å²) in [6, 6.07) is 12.0. The van der Waals surface area contributed by atoms with Crippen LogP contribution in [0, 0.1) is 13.8 Å². The van der Waals surface area contributed by atoms with Crippen molar-refractivity contribution in [2.45, 2.75) is 20.5 Å². The number of rotatable bonds is 4. The smallest absolute Gasteiger partial charge is 0.215 e. The van der Waals surface area contributed by atoms with Crippen molar-refractivity contribution in [1.82, 2.24) is 19.7 Å². The second kappa shape index (κ2) is 6.46. The van der Waals surface area contributed by atoms with Crippen LogP contribution in [0.4, 0.5) is 0 Å². The maximum absolute atomic E-state index is 5.90. The summed E-state index contributed by atoms with van der Waals surface area (Å²) in [5.41, 5.74) is 3.88. The highest BCUT2D eigenvalue weighted by atomic mass is 35.5. The molecule has 0 amide bonds. The third-order valence-corrected chi connectivity index (χ3v) is 4.93. The van der Waals surface area contributed by atoms with Gasteiger partial charge in [0, 0.05) is 11.5 Å². The van der Waals surface area contributed by atoms with Crippen LogP contribution in [0.25, 0.3) is 16.7 Å². The van der Waals surface area contributed by atoms with Gasteiger partial charge in [0.2, 0.25) is 5.88 Å². The van der Waals surface area contributed by atoms with Crippen LogP contribution < -0.4 is 4.74 Å². The van der Waals surface area contributed by atoms with Gasteiger partial charge in [0.25, 0.3) is 0 Å². The maximum atomic E-state index is 5.90. The van der Waals surface area contributed by atoms with Crippen LogP contribution in [0.3, 0.4) is 0 Å². The average molecular weight is 371 g/mol. The Labute approximate surface area is 153 Å². The zero-order valence-electron chi connectivity index (χ0n) is 13.7. The van der Waals surface area contributed by atoms with Gasteiger partial charge in [-0.05, 0) is 32.0 Å². The molecule has 0 saturated carbocycles. The van der Waals surface area contributed by atoms with Crippen molar-refractivity contribution < 1.29 is 4.74 Å². The fraction of sp³-hybridized carbons (Fsp3) is 0.167. The Hall–Kier alpha value is -2.44. The van der Waals surface area contributed by atoms with Gasteiger partial charge in [-0.1, -0.05) is 29.3 Å². The molecule has 126 valence electrons. The van der Waals surface area contributed by atoms with Crippen molar-refractivity contribution in [3.63, 3.8) is 0 Å². The molecule has 0 atom stereocenters. The van der Waals surface area contributed by atoms with Gasteiger partial charge in [0.15, 0.2) is 5.65 Å². The standard InChI is InChI=1S/C18H15ClN4OS/c1-11-3-5-13(6-4-11)23-18-14(12(2)22-23)7-8-16(21-18)24-10-17-20-9-15(19)25-17/h3-9H,10H2,1-2H3. The third kappa shape index (κ3) is 3.23. The van der Waals surface area contributed by atoms with Crippen LogP contribution in [0.2, 0.25) is 4.34 Å². The van der Waals surface area contributed by atoms with Gasteiger partial charge in [-0.15, -0.1) is 11.3 Å². The number of hydrogen-bond donors (Lipinski definition) is 0. The van der Waals surface area contributed by atoms with Gasteiger partial charge in [-0.3, -0.25) is 0 Å². The molecule has 3 aromatic heterocycles. The molecule has 3 heterocycles. The van der Waals surface area contributed by atoms with Gasteiger partial charge in [0.05, 0.1) is 17.6 Å². The molecule has 0 spiro atoms. The topological polar surface area (TPSA) is 52.8 Å². The van der Waals surface area contributed by atoms with Crippen molar-refractivity contribution in [2.24, 2.45) is 0 Å². The molecule has 0 aliphatic rings. The molecule has 0 aliphatic carbocycles. The second-order valence-corrected chi connectivity index (χ2v) is 7.45. The van der Waals surface area contributed by atoms with E-state index < -0.39 is 0 Å². The summed E-state index contributed by atoms with van der Waals surface area (Å²) in [6.07, 6.45) is 1.62. The van der Waals surface area contributed by atoms with Gasteiger partial charge in [0.1, 0.15) is 16.0 Å². The van der Waals surface area contributed by atoms with Crippen LogP contribution in [0.15, 0.2) is 42.6 Å². The highest BCUT2D eigenvalue weighted by molar-refractivity contribution is 7.15. The molecule has 1 aromatic carbocycles. The van der Waals surface area contributed by atoms with E-state index in [0.717, 1.165) is 27.4 Å². The number of halogens is 1. The fourth-order valence-corrected chi connectivity index (χ4v) is 3.43. The molecular formula is C18H15ClN4OS. The Balaban J connectivity index is 1.68. The summed E-state index contributed by atoms with van der Waals surface area (Å²) >= 11 is 7.30. The normalized spacial score (nSPS) is 11.2. The molecule has 7 heteroatoms.